The third-order valence-corrected chi connectivity index (χ3v) is 13.4. The Morgan fingerprint density at radius 3 is 1.79 bits per heavy atom. The normalized spacial score (nSPS) is 12.7. The van der Waals surface area contributed by atoms with Gasteiger partial charge < -0.3 is 12.5 Å². The summed E-state index contributed by atoms with van der Waals surface area (Å²) in [6, 6.07) is 38.5. The van der Waals surface area contributed by atoms with Crippen LogP contribution in [-0.2, 0) is 42.7 Å². The Morgan fingerprint density at radius 2 is 1.25 bits per heavy atom. The van der Waals surface area contributed by atoms with Gasteiger partial charge >= 0.3 is 21.1 Å². The second-order valence-corrected chi connectivity index (χ2v) is 23.4. The van der Waals surface area contributed by atoms with Crippen LogP contribution in [0.15, 0.2) is 159 Å². The molecule has 1 N–H and O–H groups in total. The van der Waals surface area contributed by atoms with Crippen LogP contribution in [0.25, 0.3) is 50.2 Å². The number of pyridine rings is 1. The maximum Gasteiger partial charge on any atom is 2.00 e. The molecule has 0 radical (unpaired) electrons. The van der Waals surface area contributed by atoms with Crippen LogP contribution in [0.4, 0.5) is 0 Å². The molecular formula is C70H85NOPt. The van der Waals surface area contributed by atoms with Crippen molar-refractivity contribution in [1.82, 2.24) is 4.98 Å². The Bertz CT molecular complexity index is 2980. The van der Waals surface area contributed by atoms with Crippen molar-refractivity contribution in [3.63, 3.8) is 0 Å². The fraction of sp³-hybridized carbons (Fsp3) is 0.314. The van der Waals surface area contributed by atoms with Gasteiger partial charge in [0.05, 0.1) is 0 Å². The van der Waals surface area contributed by atoms with Crippen LogP contribution >= 0.6 is 0 Å². The summed E-state index contributed by atoms with van der Waals surface area (Å²) in [7, 11) is 0. The Kier molecular flexibility index (Phi) is 21.4. The number of nitrogens with zero attached hydrogens (tertiary/aromatic N) is 1. The Hall–Kier alpha value is -5.82. The number of aryl methyl sites for hydroxylation is 2. The largest absolute Gasteiger partial charge is 2.00 e. The topological polar surface area (TPSA) is 33.1 Å². The predicted octanol–water partition coefficient (Wildman–Crippen LogP) is 20.0. The minimum absolute atomic E-state index is 0. The predicted molar refractivity (Wildman–Crippen MR) is 319 cm³/mol. The summed E-state index contributed by atoms with van der Waals surface area (Å²) >= 11 is 0. The Balaban J connectivity index is 0.000000319. The van der Waals surface area contributed by atoms with Gasteiger partial charge in [0.2, 0.25) is 0 Å². The molecule has 0 atom stereocenters. The Labute approximate surface area is 458 Å². The molecule has 0 unspecified atom stereocenters. The number of phenols is 1. The van der Waals surface area contributed by atoms with Crippen LogP contribution in [0.1, 0.15) is 158 Å². The van der Waals surface area contributed by atoms with Crippen molar-refractivity contribution in [2.45, 2.75) is 145 Å². The number of hydrogen-bond donors (Lipinski definition) is 1. The molecule has 6 aromatic rings. The third kappa shape index (κ3) is 15.8. The van der Waals surface area contributed by atoms with E-state index in [1.54, 1.807) is 0 Å². The molecule has 0 saturated carbocycles. The molecule has 1 aliphatic rings. The number of phenolic OH excluding ortho intramolecular Hbond substituents is 1. The quantitative estimate of drug-likeness (QED) is 0.122. The molecule has 0 spiro atoms. The van der Waals surface area contributed by atoms with E-state index in [4.69, 9.17) is 4.98 Å². The summed E-state index contributed by atoms with van der Waals surface area (Å²) in [6.07, 6.45) is 16.6. The van der Waals surface area contributed by atoms with E-state index in [0.29, 0.717) is 5.75 Å². The maximum atomic E-state index is 10.4. The number of aromatic nitrogens is 1. The molecular weight excluding hydrogens is 1070 g/mol. The van der Waals surface area contributed by atoms with E-state index in [-0.39, 0.29) is 50.2 Å². The van der Waals surface area contributed by atoms with Gasteiger partial charge in [-0.25, -0.2) is 0 Å². The molecule has 5 aromatic carbocycles. The fourth-order valence-corrected chi connectivity index (χ4v) is 8.59. The third-order valence-electron chi connectivity index (χ3n) is 13.4. The van der Waals surface area contributed by atoms with E-state index >= 15 is 0 Å². The molecule has 0 saturated heterocycles. The van der Waals surface area contributed by atoms with Crippen LogP contribution in [0.3, 0.4) is 0 Å². The van der Waals surface area contributed by atoms with E-state index in [2.05, 4.69) is 245 Å². The first-order chi connectivity index (χ1) is 33.1. The number of hydrogen-bond acceptors (Lipinski definition) is 2. The van der Waals surface area contributed by atoms with Crippen LogP contribution in [0.5, 0.6) is 5.75 Å². The van der Waals surface area contributed by atoms with Gasteiger partial charge in [-0.15, -0.1) is 29.3 Å². The molecule has 7 rings (SSSR count). The molecule has 0 amide bonds. The number of rotatable bonds is 8. The van der Waals surface area contributed by atoms with Gasteiger partial charge in [-0.3, -0.25) is 4.98 Å². The summed E-state index contributed by atoms with van der Waals surface area (Å²) in [6.45, 7) is 46.9. The molecule has 1 aromatic heterocycles. The van der Waals surface area contributed by atoms with Gasteiger partial charge in [0.15, 0.2) is 0 Å². The average molecular weight is 1150 g/mol. The van der Waals surface area contributed by atoms with Crippen molar-refractivity contribution in [3.8, 4) is 39.3 Å². The minimum Gasteiger partial charge on any atom is -0.507 e. The van der Waals surface area contributed by atoms with E-state index in [1.165, 1.54) is 55.6 Å². The average Bonchev–Trinajstić information content (AvgIpc) is 3.31. The number of allylic oxidation sites excluding steroid dienone is 9. The van der Waals surface area contributed by atoms with Gasteiger partial charge in [0.1, 0.15) is 5.75 Å². The van der Waals surface area contributed by atoms with Gasteiger partial charge in [-0.1, -0.05) is 240 Å². The van der Waals surface area contributed by atoms with Gasteiger partial charge in [-0.05, 0) is 118 Å². The molecule has 0 fully saturated rings. The zero-order valence-corrected chi connectivity index (χ0v) is 49.8. The van der Waals surface area contributed by atoms with Gasteiger partial charge in [-0.2, -0.15) is 0 Å². The van der Waals surface area contributed by atoms with Crippen molar-refractivity contribution in [2.75, 3.05) is 0 Å². The minimum atomic E-state index is -0.0739. The van der Waals surface area contributed by atoms with Crippen LogP contribution in [-0.4, -0.2) is 10.1 Å². The molecule has 386 valence electrons. The smallest absolute Gasteiger partial charge is 0.507 e. The second kappa shape index (κ2) is 25.4. The number of aromatic hydroxyl groups is 1. The van der Waals surface area contributed by atoms with Crippen molar-refractivity contribution < 1.29 is 26.2 Å². The SMILES string of the molecule is C=C(C)c1cc(C(C)(C)C)cc(C(C)(C)C)c1O.C=C/C=C(\C=C)c1cc(-c2[c-]c(-c3cccc(C)c3C)cc(C(C)(C)C)c2)ncc1C1=CCCC=C1.Cc1ccc(C(C)(C)C)cc1-c1ccccc1.[CH3-].[Pt+2]. The van der Waals surface area contributed by atoms with Crippen LogP contribution < -0.4 is 0 Å². The van der Waals surface area contributed by atoms with E-state index in [9.17, 15) is 5.11 Å². The van der Waals surface area contributed by atoms with Crippen molar-refractivity contribution in [1.29, 1.82) is 0 Å². The van der Waals surface area contributed by atoms with Crippen molar-refractivity contribution in [3.05, 3.63) is 229 Å². The molecule has 0 aliphatic heterocycles. The molecule has 1 heterocycles. The first-order valence-corrected chi connectivity index (χ1v) is 25.3. The van der Waals surface area contributed by atoms with Crippen LogP contribution in [0.2, 0.25) is 0 Å². The zero-order valence-electron chi connectivity index (χ0n) is 47.5. The van der Waals surface area contributed by atoms with E-state index < -0.39 is 0 Å². The standard InChI is InChI=1S/C35H36N.C17H26O.C17H20.CH3.Pt/c1-8-14-26(9-2)32-22-34(36-23-33(32)27-16-11-10-12-17-27)29-19-28(20-30(21-29)35(5,6)7)31-18-13-15-24(3)25(31)4;1-11(2)13-9-12(16(3,4)5)10-14(15(13)18)17(6,7)8;1-13-10-11-15(17(2,3)4)12-16(13)14-8-6-5-7-9-14;;/h8-9,11,13-18,20-23H,1-2,10,12H2,3-7H3;9-10,18H,1H2,2-8H3;5-12H,1-4H3;1H3;/q-1;;;-1;+2/b26-14+;;;;. The summed E-state index contributed by atoms with van der Waals surface area (Å²) in [5, 5.41) is 10.4. The Morgan fingerprint density at radius 1 is 0.630 bits per heavy atom. The van der Waals surface area contributed by atoms with E-state index in [1.807, 2.05) is 31.3 Å². The van der Waals surface area contributed by atoms with Crippen molar-refractivity contribution >= 4 is 16.7 Å². The summed E-state index contributed by atoms with van der Waals surface area (Å²) < 4.78 is 0. The molecule has 0 bridgehead atoms. The fourth-order valence-electron chi connectivity index (χ4n) is 8.59. The summed E-state index contributed by atoms with van der Waals surface area (Å²) in [5.74, 6) is 0.378. The summed E-state index contributed by atoms with van der Waals surface area (Å²) in [5.41, 5.74) is 22.1. The first-order valence-electron chi connectivity index (χ1n) is 25.3. The maximum absolute atomic E-state index is 10.4. The second-order valence-electron chi connectivity index (χ2n) is 23.4. The molecule has 2 nitrogen and oxygen atoms in total. The van der Waals surface area contributed by atoms with Gasteiger partial charge in [0, 0.05) is 28.6 Å². The monoisotopic (exact) mass is 1150 g/mol. The van der Waals surface area contributed by atoms with Crippen molar-refractivity contribution in [2.24, 2.45) is 0 Å². The molecule has 73 heavy (non-hydrogen) atoms. The van der Waals surface area contributed by atoms with E-state index in [0.717, 1.165) is 63.1 Å². The first kappa shape index (κ1) is 61.5. The summed E-state index contributed by atoms with van der Waals surface area (Å²) in [4.78, 5) is 4.97. The molecule has 3 heteroatoms. The number of benzene rings is 5. The van der Waals surface area contributed by atoms with Crippen LogP contribution in [0, 0.1) is 34.3 Å². The zero-order chi connectivity index (χ0) is 52.6. The molecule has 1 aliphatic carbocycles. The van der Waals surface area contributed by atoms with Gasteiger partial charge in [0.25, 0.3) is 0 Å².